The summed E-state index contributed by atoms with van der Waals surface area (Å²) in [7, 11) is 1.61. The summed E-state index contributed by atoms with van der Waals surface area (Å²) in [4.78, 5) is 44.9. The summed E-state index contributed by atoms with van der Waals surface area (Å²) in [5.74, 6) is -1.13. The fourth-order valence-electron chi connectivity index (χ4n) is 4.43. The van der Waals surface area contributed by atoms with E-state index in [9.17, 15) is 18.8 Å². The molecule has 1 aromatic heterocycles. The summed E-state index contributed by atoms with van der Waals surface area (Å²) in [6.07, 6.45) is 1.84. The summed E-state index contributed by atoms with van der Waals surface area (Å²) >= 11 is 2.69. The lowest BCUT2D eigenvalue weighted by molar-refractivity contribution is -0.116. The Morgan fingerprint density at radius 3 is 2.40 bits per heavy atom. The zero-order valence-electron chi connectivity index (χ0n) is 25.5. The molecule has 0 saturated heterocycles. The largest absolute Gasteiger partial charge is 0.497 e. The third-order valence-corrected chi connectivity index (χ3v) is 9.00. The Balaban J connectivity index is 1.27. The second kappa shape index (κ2) is 15.8. The quantitative estimate of drug-likeness (QED) is 0.0924. The molecule has 5 aromatic rings. The molecule has 3 N–H and O–H groups in total. The van der Waals surface area contributed by atoms with Crippen LogP contribution in [0.25, 0.3) is 17.3 Å². The number of hydrogen-bond donors (Lipinski definition) is 3. The van der Waals surface area contributed by atoms with Gasteiger partial charge in [0.25, 0.3) is 11.8 Å². The van der Waals surface area contributed by atoms with Crippen molar-refractivity contribution >= 4 is 57.7 Å². The Labute approximate surface area is 280 Å². The second-order valence-electron chi connectivity index (χ2n) is 10.2. The normalized spacial score (nSPS) is 11.8. The van der Waals surface area contributed by atoms with E-state index >= 15 is 0 Å². The minimum Gasteiger partial charge on any atom is -0.497 e. The Bertz CT molecular complexity index is 1890. The van der Waals surface area contributed by atoms with Gasteiger partial charge in [-0.2, -0.15) is 0 Å². The van der Waals surface area contributed by atoms with Gasteiger partial charge in [-0.1, -0.05) is 49.4 Å². The molecule has 11 heteroatoms. The number of benzene rings is 4. The third kappa shape index (κ3) is 8.93. The predicted octanol–water partition coefficient (Wildman–Crippen LogP) is 7.88. The van der Waals surface area contributed by atoms with E-state index in [-0.39, 0.29) is 17.2 Å². The lowest BCUT2D eigenvalue weighted by Gasteiger charge is -2.15. The van der Waals surface area contributed by atoms with Gasteiger partial charge in [-0.15, -0.1) is 23.1 Å². The molecule has 4 aromatic carbocycles. The molecule has 0 radical (unpaired) electrons. The Kier molecular flexibility index (Phi) is 11.2. The minimum absolute atomic E-state index is 0.134. The Hall–Kier alpha value is -5.26. The van der Waals surface area contributed by atoms with Crippen LogP contribution in [-0.2, 0) is 9.59 Å². The number of amides is 3. The van der Waals surface area contributed by atoms with Crippen LogP contribution in [0.4, 0.5) is 15.2 Å². The summed E-state index contributed by atoms with van der Waals surface area (Å²) in [6.45, 7) is 1.92. The van der Waals surface area contributed by atoms with Gasteiger partial charge in [-0.3, -0.25) is 14.4 Å². The molecule has 3 amide bonds. The number of methoxy groups -OCH3 is 1. The van der Waals surface area contributed by atoms with E-state index in [4.69, 9.17) is 4.74 Å². The van der Waals surface area contributed by atoms with Crippen molar-refractivity contribution in [2.75, 3.05) is 17.7 Å². The SMILES string of the molecule is CCC(Sc1cccc(NC(=O)/C(=C/c2ccccc2F)NC(=O)c2ccccc2)c1)C(=O)Nc1nc(-c2ccc(OC)cc2)cs1. The van der Waals surface area contributed by atoms with Crippen LogP contribution in [0.3, 0.4) is 0 Å². The van der Waals surface area contributed by atoms with Crippen LogP contribution in [0.2, 0.25) is 0 Å². The fourth-order valence-corrected chi connectivity index (χ4v) is 6.17. The number of carbonyl (C=O) groups excluding carboxylic acids is 3. The monoisotopic (exact) mass is 666 g/mol. The van der Waals surface area contributed by atoms with Gasteiger partial charge in [0.1, 0.15) is 17.3 Å². The first-order valence-corrected chi connectivity index (χ1v) is 16.4. The van der Waals surface area contributed by atoms with Gasteiger partial charge in [0.15, 0.2) is 5.13 Å². The van der Waals surface area contributed by atoms with Crippen molar-refractivity contribution in [2.45, 2.75) is 23.5 Å². The molecule has 0 spiro atoms. The van der Waals surface area contributed by atoms with E-state index in [0.717, 1.165) is 21.9 Å². The number of thioether (sulfide) groups is 1. The van der Waals surface area contributed by atoms with E-state index in [2.05, 4.69) is 20.9 Å². The molecule has 0 saturated carbocycles. The van der Waals surface area contributed by atoms with Crippen LogP contribution in [0.5, 0.6) is 5.75 Å². The molecule has 8 nitrogen and oxygen atoms in total. The molecular formula is C36H31FN4O4S2. The average molecular weight is 667 g/mol. The highest BCUT2D eigenvalue weighted by Gasteiger charge is 2.21. The van der Waals surface area contributed by atoms with E-state index in [1.54, 1.807) is 67.8 Å². The first-order chi connectivity index (χ1) is 22.8. The van der Waals surface area contributed by atoms with E-state index in [0.29, 0.717) is 22.8 Å². The van der Waals surface area contributed by atoms with Gasteiger partial charge in [-0.05, 0) is 73.2 Å². The molecule has 0 bridgehead atoms. The van der Waals surface area contributed by atoms with Crippen LogP contribution in [0.1, 0.15) is 29.3 Å². The van der Waals surface area contributed by atoms with Crippen molar-refractivity contribution in [3.05, 3.63) is 131 Å². The number of halogens is 1. The van der Waals surface area contributed by atoms with Gasteiger partial charge in [0.2, 0.25) is 5.91 Å². The molecule has 0 aliphatic carbocycles. The smallest absolute Gasteiger partial charge is 0.272 e. The predicted molar refractivity (Wildman–Crippen MR) is 186 cm³/mol. The maximum atomic E-state index is 14.5. The lowest BCUT2D eigenvalue weighted by Crippen LogP contribution is -2.30. The second-order valence-corrected chi connectivity index (χ2v) is 12.3. The number of hydrogen-bond acceptors (Lipinski definition) is 7. The minimum atomic E-state index is -0.638. The standard InChI is InChI=1S/C36H31FN4O4S2/c1-3-32(35(44)41-36-40-31(22-46-36)23-16-18-27(45-2)19-17-23)47-28-14-9-13-26(21-28)38-34(43)30(20-25-12-7-8-15-29(25)37)39-33(42)24-10-5-4-6-11-24/h4-22,32H,3H2,1-2H3,(H,38,43)(H,39,42)(H,40,41,44)/b30-20-. The molecule has 0 fully saturated rings. The van der Waals surface area contributed by atoms with Crippen LogP contribution in [0.15, 0.2) is 119 Å². The third-order valence-electron chi connectivity index (χ3n) is 6.89. The van der Waals surface area contributed by atoms with E-state index in [1.165, 1.54) is 41.3 Å². The maximum absolute atomic E-state index is 14.5. The van der Waals surface area contributed by atoms with Crippen LogP contribution < -0.4 is 20.7 Å². The number of nitrogens with one attached hydrogen (secondary N) is 3. The van der Waals surface area contributed by atoms with Crippen molar-refractivity contribution in [3.8, 4) is 17.0 Å². The van der Waals surface area contributed by atoms with Crippen LogP contribution >= 0.6 is 23.1 Å². The molecule has 1 heterocycles. The number of anilines is 2. The van der Waals surface area contributed by atoms with Gasteiger partial charge < -0.3 is 20.7 Å². The van der Waals surface area contributed by atoms with Crippen molar-refractivity contribution < 1.29 is 23.5 Å². The lowest BCUT2D eigenvalue weighted by atomic mass is 10.1. The number of rotatable bonds is 12. The zero-order chi connectivity index (χ0) is 33.2. The summed E-state index contributed by atoms with van der Waals surface area (Å²) in [5.41, 5.74) is 2.45. The average Bonchev–Trinajstić information content (AvgIpc) is 3.56. The van der Waals surface area contributed by atoms with Crippen LogP contribution in [-0.4, -0.2) is 35.1 Å². The van der Waals surface area contributed by atoms with Crippen molar-refractivity contribution in [1.82, 2.24) is 10.3 Å². The van der Waals surface area contributed by atoms with Crippen molar-refractivity contribution in [1.29, 1.82) is 0 Å². The van der Waals surface area contributed by atoms with Gasteiger partial charge >= 0.3 is 0 Å². The van der Waals surface area contributed by atoms with Crippen molar-refractivity contribution in [3.63, 3.8) is 0 Å². The number of carbonyl (C=O) groups is 3. The van der Waals surface area contributed by atoms with E-state index < -0.39 is 22.9 Å². The molecule has 5 rings (SSSR count). The van der Waals surface area contributed by atoms with Gasteiger partial charge in [0, 0.05) is 32.7 Å². The zero-order valence-corrected chi connectivity index (χ0v) is 27.2. The molecule has 1 atom stereocenters. The summed E-state index contributed by atoms with van der Waals surface area (Å²) in [6, 6.07) is 28.9. The first kappa shape index (κ1) is 33.1. The molecular weight excluding hydrogens is 636 g/mol. The summed E-state index contributed by atoms with van der Waals surface area (Å²) in [5, 5.41) is 10.3. The van der Waals surface area contributed by atoms with E-state index in [1.807, 2.05) is 42.6 Å². The van der Waals surface area contributed by atoms with Crippen LogP contribution in [0, 0.1) is 5.82 Å². The van der Waals surface area contributed by atoms with Crippen molar-refractivity contribution in [2.24, 2.45) is 0 Å². The topological polar surface area (TPSA) is 109 Å². The Morgan fingerprint density at radius 1 is 0.936 bits per heavy atom. The van der Waals surface area contributed by atoms with Gasteiger partial charge in [-0.25, -0.2) is 9.37 Å². The number of aromatic nitrogens is 1. The molecule has 0 aliphatic rings. The fraction of sp³-hybridized carbons (Fsp3) is 0.111. The molecule has 47 heavy (non-hydrogen) atoms. The summed E-state index contributed by atoms with van der Waals surface area (Å²) < 4.78 is 19.7. The highest BCUT2D eigenvalue weighted by atomic mass is 32.2. The first-order valence-electron chi connectivity index (χ1n) is 14.6. The number of ether oxygens (including phenoxy) is 1. The molecule has 238 valence electrons. The highest BCUT2D eigenvalue weighted by Crippen LogP contribution is 2.31. The number of thiazole rings is 1. The number of nitrogens with zero attached hydrogens (tertiary/aromatic N) is 1. The maximum Gasteiger partial charge on any atom is 0.272 e. The Morgan fingerprint density at radius 2 is 1.68 bits per heavy atom. The molecule has 0 aliphatic heterocycles. The molecule has 1 unspecified atom stereocenters. The van der Waals surface area contributed by atoms with Gasteiger partial charge in [0.05, 0.1) is 18.1 Å². The highest BCUT2D eigenvalue weighted by molar-refractivity contribution is 8.00.